The van der Waals surface area contributed by atoms with Crippen molar-refractivity contribution in [2.24, 2.45) is 5.92 Å². The van der Waals surface area contributed by atoms with Crippen LogP contribution in [0.25, 0.3) is 0 Å². The summed E-state index contributed by atoms with van der Waals surface area (Å²) in [4.78, 5) is 33.2. The average molecular weight is 437 g/mol. The molecule has 164 valence electrons. The van der Waals surface area contributed by atoms with E-state index in [1.807, 2.05) is 26.0 Å². The summed E-state index contributed by atoms with van der Waals surface area (Å²) in [7, 11) is -3.08. The number of pyridine rings is 1. The van der Waals surface area contributed by atoms with Gasteiger partial charge in [-0.3, -0.25) is 9.59 Å². The first kappa shape index (κ1) is 21.0. The Morgan fingerprint density at radius 1 is 1.20 bits per heavy atom. The lowest BCUT2D eigenvalue weighted by atomic mass is 10.1. The van der Waals surface area contributed by atoms with E-state index in [0.717, 1.165) is 18.9 Å². The zero-order valence-electron chi connectivity index (χ0n) is 17.3. The monoisotopic (exact) mass is 436 g/mol. The molecular formula is C20H28N4O5S. The van der Waals surface area contributed by atoms with Crippen molar-refractivity contribution in [3.63, 3.8) is 0 Å². The summed E-state index contributed by atoms with van der Waals surface area (Å²) >= 11 is 0. The molecule has 1 N–H and O–H groups in total. The van der Waals surface area contributed by atoms with Crippen LogP contribution in [-0.4, -0.2) is 79.5 Å². The molecule has 0 unspecified atom stereocenters. The van der Waals surface area contributed by atoms with E-state index in [0.29, 0.717) is 12.1 Å². The lowest BCUT2D eigenvalue weighted by molar-refractivity contribution is -0.129. The molecule has 0 spiro atoms. The highest BCUT2D eigenvalue weighted by Gasteiger charge is 2.41. The number of carbonyl (C=O) groups is 2. The Hall–Kier alpha value is -2.20. The van der Waals surface area contributed by atoms with Gasteiger partial charge in [-0.2, -0.15) is 0 Å². The van der Waals surface area contributed by atoms with Gasteiger partial charge in [-0.05, 0) is 32.4 Å². The number of sulfone groups is 1. The number of aromatic nitrogens is 1. The van der Waals surface area contributed by atoms with E-state index in [9.17, 15) is 18.0 Å². The predicted octanol–water partition coefficient (Wildman–Crippen LogP) is 0.669. The Morgan fingerprint density at radius 3 is 2.53 bits per heavy atom. The number of hydrogen-bond donors (Lipinski definition) is 1. The minimum Gasteiger partial charge on any atom is -0.372 e. The second-order valence-corrected chi connectivity index (χ2v) is 10.8. The summed E-state index contributed by atoms with van der Waals surface area (Å²) in [6, 6.07) is 3.37. The van der Waals surface area contributed by atoms with Gasteiger partial charge >= 0.3 is 0 Å². The molecule has 3 saturated heterocycles. The van der Waals surface area contributed by atoms with Crippen LogP contribution in [0.4, 0.5) is 11.5 Å². The van der Waals surface area contributed by atoms with Crippen LogP contribution in [0, 0.1) is 5.92 Å². The fourth-order valence-corrected chi connectivity index (χ4v) is 6.27. The van der Waals surface area contributed by atoms with Crippen molar-refractivity contribution < 1.29 is 22.7 Å². The van der Waals surface area contributed by atoms with Crippen LogP contribution in [0.3, 0.4) is 0 Å². The van der Waals surface area contributed by atoms with E-state index in [4.69, 9.17) is 4.74 Å². The van der Waals surface area contributed by atoms with E-state index in [2.05, 4.69) is 15.2 Å². The standard InChI is InChI=1S/C20H28N4O5S/c1-13-9-23(10-14(2)29-13)18-4-3-16(8-21-18)22-20(26)15-7-19(25)24(11-15)17-5-6-30(27,28)12-17/h3-4,8,13-15,17H,5-7,9-12H2,1-2H3,(H,22,26)/t13-,14+,15-,17-/m1/s1. The fraction of sp³-hybridized carbons (Fsp3) is 0.650. The van der Waals surface area contributed by atoms with Crippen LogP contribution < -0.4 is 10.2 Å². The third-order valence-corrected chi connectivity index (χ3v) is 7.69. The molecule has 4 rings (SSSR count). The molecule has 30 heavy (non-hydrogen) atoms. The van der Waals surface area contributed by atoms with Crippen LogP contribution in [0.2, 0.25) is 0 Å². The van der Waals surface area contributed by atoms with Gasteiger partial charge < -0.3 is 19.9 Å². The van der Waals surface area contributed by atoms with Crippen LogP contribution in [0.5, 0.6) is 0 Å². The van der Waals surface area contributed by atoms with Crippen LogP contribution in [0.1, 0.15) is 26.7 Å². The normalized spacial score (nSPS) is 31.2. The van der Waals surface area contributed by atoms with Gasteiger partial charge in [0.05, 0.1) is 41.5 Å². The lowest BCUT2D eigenvalue weighted by Gasteiger charge is -2.36. The summed E-state index contributed by atoms with van der Waals surface area (Å²) in [6.45, 7) is 5.86. The minimum atomic E-state index is -3.08. The Morgan fingerprint density at radius 2 is 1.93 bits per heavy atom. The lowest BCUT2D eigenvalue weighted by Crippen LogP contribution is -2.45. The summed E-state index contributed by atoms with van der Waals surface area (Å²) in [5.74, 6) is 0.0612. The first-order valence-corrected chi connectivity index (χ1v) is 12.2. The van der Waals surface area contributed by atoms with Gasteiger partial charge in [-0.25, -0.2) is 13.4 Å². The van der Waals surface area contributed by atoms with Gasteiger partial charge in [-0.1, -0.05) is 0 Å². The predicted molar refractivity (Wildman–Crippen MR) is 112 cm³/mol. The Bertz CT molecular complexity index is 910. The number of hydrogen-bond acceptors (Lipinski definition) is 7. The van der Waals surface area contributed by atoms with E-state index in [-0.39, 0.29) is 54.5 Å². The first-order valence-electron chi connectivity index (χ1n) is 10.4. The van der Waals surface area contributed by atoms with Gasteiger partial charge in [0.25, 0.3) is 0 Å². The van der Waals surface area contributed by atoms with E-state index in [1.165, 1.54) is 0 Å². The van der Waals surface area contributed by atoms with Gasteiger partial charge in [-0.15, -0.1) is 0 Å². The molecule has 2 amide bonds. The first-order chi connectivity index (χ1) is 14.2. The summed E-state index contributed by atoms with van der Waals surface area (Å²) in [5, 5.41) is 2.84. The minimum absolute atomic E-state index is 0.00274. The molecular weight excluding hydrogens is 408 g/mol. The zero-order valence-corrected chi connectivity index (χ0v) is 18.1. The molecule has 3 aliphatic rings. The molecule has 0 saturated carbocycles. The SMILES string of the molecule is C[C@@H]1CN(c2ccc(NC(=O)[C@@H]3CC(=O)N([C@@H]4CCS(=O)(=O)C4)C3)cn2)C[C@H](C)O1. The number of morpholine rings is 1. The molecule has 0 bridgehead atoms. The number of nitrogens with zero attached hydrogens (tertiary/aromatic N) is 3. The van der Waals surface area contributed by atoms with Gasteiger partial charge in [0, 0.05) is 32.1 Å². The van der Waals surface area contributed by atoms with Crippen LogP contribution >= 0.6 is 0 Å². The maximum absolute atomic E-state index is 12.7. The Kier molecular flexibility index (Phi) is 5.71. The number of likely N-dealkylation sites (tertiary alicyclic amines) is 1. The number of amides is 2. The van der Waals surface area contributed by atoms with Crippen molar-refractivity contribution in [3.8, 4) is 0 Å². The summed E-state index contributed by atoms with van der Waals surface area (Å²) in [5.41, 5.74) is 0.576. The number of ether oxygens (including phenoxy) is 1. The third-order valence-electron chi connectivity index (χ3n) is 5.94. The summed E-state index contributed by atoms with van der Waals surface area (Å²) < 4.78 is 29.2. The molecule has 0 aromatic carbocycles. The second-order valence-electron chi connectivity index (χ2n) is 8.56. The molecule has 1 aromatic heterocycles. The average Bonchev–Trinajstić information content (AvgIpc) is 3.23. The maximum atomic E-state index is 12.7. The molecule has 3 fully saturated rings. The molecule has 3 aliphatic heterocycles. The van der Waals surface area contributed by atoms with Crippen molar-refractivity contribution in [1.29, 1.82) is 0 Å². The van der Waals surface area contributed by atoms with Gasteiger partial charge in [0.1, 0.15) is 5.82 Å². The van der Waals surface area contributed by atoms with Crippen LogP contribution in [-0.2, 0) is 24.2 Å². The van der Waals surface area contributed by atoms with E-state index >= 15 is 0 Å². The topological polar surface area (TPSA) is 109 Å². The Balaban J connectivity index is 1.34. The van der Waals surface area contributed by atoms with Crippen molar-refractivity contribution in [2.45, 2.75) is 44.9 Å². The smallest absolute Gasteiger partial charge is 0.229 e. The molecule has 9 nitrogen and oxygen atoms in total. The van der Waals surface area contributed by atoms with Crippen molar-refractivity contribution in [3.05, 3.63) is 18.3 Å². The van der Waals surface area contributed by atoms with Crippen LogP contribution in [0.15, 0.2) is 18.3 Å². The highest BCUT2D eigenvalue weighted by Crippen LogP contribution is 2.27. The third kappa shape index (κ3) is 4.59. The largest absolute Gasteiger partial charge is 0.372 e. The second kappa shape index (κ2) is 8.14. The number of carbonyl (C=O) groups excluding carboxylic acids is 2. The van der Waals surface area contributed by atoms with Crippen molar-refractivity contribution >= 4 is 33.2 Å². The van der Waals surface area contributed by atoms with Gasteiger partial charge in [0.15, 0.2) is 9.84 Å². The fourth-order valence-electron chi connectivity index (χ4n) is 4.54. The number of nitrogens with one attached hydrogen (secondary N) is 1. The molecule has 1 aromatic rings. The van der Waals surface area contributed by atoms with Crippen molar-refractivity contribution in [2.75, 3.05) is 41.4 Å². The highest BCUT2D eigenvalue weighted by atomic mass is 32.2. The molecule has 4 heterocycles. The zero-order chi connectivity index (χ0) is 21.5. The number of anilines is 2. The Labute approximate surface area is 176 Å². The molecule has 4 atom stereocenters. The molecule has 0 radical (unpaired) electrons. The van der Waals surface area contributed by atoms with E-state index in [1.54, 1.807) is 11.1 Å². The highest BCUT2D eigenvalue weighted by molar-refractivity contribution is 7.91. The van der Waals surface area contributed by atoms with E-state index < -0.39 is 15.8 Å². The molecule has 10 heteroatoms. The molecule has 0 aliphatic carbocycles. The maximum Gasteiger partial charge on any atom is 0.229 e. The van der Waals surface area contributed by atoms with Gasteiger partial charge in [0.2, 0.25) is 11.8 Å². The summed E-state index contributed by atoms with van der Waals surface area (Å²) in [6.07, 6.45) is 2.44. The number of rotatable bonds is 4. The van der Waals surface area contributed by atoms with Crippen molar-refractivity contribution in [1.82, 2.24) is 9.88 Å². The quantitative estimate of drug-likeness (QED) is 0.739.